The molecule has 0 radical (unpaired) electrons. The van der Waals surface area contributed by atoms with Crippen molar-refractivity contribution in [2.75, 3.05) is 6.54 Å². The fourth-order valence-corrected chi connectivity index (χ4v) is 1.23. The lowest BCUT2D eigenvalue weighted by atomic mass is 10.1. The molecule has 1 rings (SSSR count). The Hall–Kier alpha value is -2.24. The Labute approximate surface area is 97.1 Å². The van der Waals surface area contributed by atoms with Gasteiger partial charge in [-0.05, 0) is 18.6 Å². The Bertz CT molecular complexity index is 460. The number of nitro groups is 1. The predicted molar refractivity (Wildman–Crippen MR) is 60.2 cm³/mol. The molecule has 0 aromatic heterocycles. The van der Waals surface area contributed by atoms with Crippen LogP contribution in [-0.4, -0.2) is 17.4 Å². The normalized spacial score (nSPS) is 9.71. The number of nitro benzene ring substituents is 1. The van der Waals surface area contributed by atoms with Crippen molar-refractivity contribution in [3.8, 4) is 0 Å². The summed E-state index contributed by atoms with van der Waals surface area (Å²) in [5, 5.41) is 13.1. The van der Waals surface area contributed by atoms with Crippen LogP contribution in [0.15, 0.2) is 30.9 Å². The van der Waals surface area contributed by atoms with E-state index in [1.165, 1.54) is 0 Å². The van der Waals surface area contributed by atoms with Gasteiger partial charge in [0.25, 0.3) is 11.6 Å². The molecule has 0 saturated carbocycles. The van der Waals surface area contributed by atoms with E-state index in [-0.39, 0.29) is 5.56 Å². The molecule has 0 heterocycles. The van der Waals surface area contributed by atoms with Crippen LogP contribution in [0, 0.1) is 15.9 Å². The first-order chi connectivity index (χ1) is 8.06. The van der Waals surface area contributed by atoms with Crippen LogP contribution in [-0.2, 0) is 0 Å². The third-order valence-corrected chi connectivity index (χ3v) is 2.04. The minimum Gasteiger partial charge on any atom is -0.352 e. The van der Waals surface area contributed by atoms with Crippen molar-refractivity contribution in [1.29, 1.82) is 0 Å². The largest absolute Gasteiger partial charge is 0.352 e. The van der Waals surface area contributed by atoms with Crippen LogP contribution in [0.5, 0.6) is 0 Å². The van der Waals surface area contributed by atoms with Crippen LogP contribution in [0.2, 0.25) is 0 Å². The third-order valence-electron chi connectivity index (χ3n) is 2.04. The maximum absolute atomic E-state index is 12.8. The summed E-state index contributed by atoms with van der Waals surface area (Å²) in [5.41, 5.74) is -0.693. The van der Waals surface area contributed by atoms with Crippen molar-refractivity contribution in [2.24, 2.45) is 0 Å². The summed E-state index contributed by atoms with van der Waals surface area (Å²) in [6.45, 7) is 3.81. The molecule has 0 spiro atoms. The molecule has 0 bridgehead atoms. The van der Waals surface area contributed by atoms with E-state index >= 15 is 0 Å². The maximum atomic E-state index is 12.8. The summed E-state index contributed by atoms with van der Waals surface area (Å²) in [7, 11) is 0. The highest BCUT2D eigenvalue weighted by atomic mass is 19.1. The maximum Gasteiger partial charge on any atom is 0.285 e. The number of hydrogen-bond donors (Lipinski definition) is 1. The first kappa shape index (κ1) is 12.8. The van der Waals surface area contributed by atoms with E-state index in [0.29, 0.717) is 13.0 Å². The van der Waals surface area contributed by atoms with Gasteiger partial charge in [-0.1, -0.05) is 6.08 Å². The lowest BCUT2D eigenvalue weighted by Crippen LogP contribution is -2.25. The number of benzene rings is 1. The lowest BCUT2D eigenvalue weighted by molar-refractivity contribution is -0.385. The van der Waals surface area contributed by atoms with Gasteiger partial charge in [-0.15, -0.1) is 6.58 Å². The van der Waals surface area contributed by atoms with E-state index in [2.05, 4.69) is 11.9 Å². The third kappa shape index (κ3) is 3.37. The van der Waals surface area contributed by atoms with Crippen LogP contribution in [0.4, 0.5) is 10.1 Å². The van der Waals surface area contributed by atoms with Crippen LogP contribution < -0.4 is 5.32 Å². The average molecular weight is 238 g/mol. The molecular weight excluding hydrogens is 227 g/mol. The summed E-state index contributed by atoms with van der Waals surface area (Å²) in [4.78, 5) is 21.4. The molecule has 1 amide bonds. The van der Waals surface area contributed by atoms with E-state index in [9.17, 15) is 19.3 Å². The average Bonchev–Trinajstić information content (AvgIpc) is 2.29. The first-order valence-electron chi connectivity index (χ1n) is 4.89. The van der Waals surface area contributed by atoms with Gasteiger partial charge in [0.2, 0.25) is 0 Å². The van der Waals surface area contributed by atoms with Crippen LogP contribution in [0.1, 0.15) is 16.8 Å². The predicted octanol–water partition coefficient (Wildman–Crippen LogP) is 2.04. The molecular formula is C11H11FN2O3. The topological polar surface area (TPSA) is 72.2 Å². The molecule has 0 unspecified atom stereocenters. The highest BCUT2D eigenvalue weighted by Crippen LogP contribution is 2.19. The standard InChI is InChI=1S/C11H11FN2O3/c1-2-3-6-13-11(15)9-5-4-8(12)7-10(9)14(16)17/h2,4-5,7H,1,3,6H2,(H,13,15). The molecule has 17 heavy (non-hydrogen) atoms. The minimum absolute atomic E-state index is 0.152. The van der Waals surface area contributed by atoms with Gasteiger partial charge in [-0.2, -0.15) is 0 Å². The van der Waals surface area contributed by atoms with Crippen molar-refractivity contribution < 1.29 is 14.1 Å². The molecule has 0 atom stereocenters. The Kier molecular flexibility index (Phi) is 4.33. The van der Waals surface area contributed by atoms with Gasteiger partial charge in [0.05, 0.1) is 11.0 Å². The second kappa shape index (κ2) is 5.74. The zero-order chi connectivity index (χ0) is 12.8. The lowest BCUT2D eigenvalue weighted by Gasteiger charge is -2.04. The molecule has 0 aliphatic carbocycles. The number of hydrogen-bond acceptors (Lipinski definition) is 3. The number of carbonyl (C=O) groups is 1. The van der Waals surface area contributed by atoms with E-state index < -0.39 is 22.3 Å². The van der Waals surface area contributed by atoms with Crippen molar-refractivity contribution in [1.82, 2.24) is 5.32 Å². The summed E-state index contributed by atoms with van der Waals surface area (Å²) in [5.74, 6) is -1.35. The van der Waals surface area contributed by atoms with Gasteiger partial charge in [-0.3, -0.25) is 14.9 Å². The minimum atomic E-state index is -0.786. The van der Waals surface area contributed by atoms with Gasteiger partial charge < -0.3 is 5.32 Å². The van der Waals surface area contributed by atoms with Gasteiger partial charge in [0.1, 0.15) is 11.4 Å². The van der Waals surface area contributed by atoms with Gasteiger partial charge in [0, 0.05) is 6.54 Å². The van der Waals surface area contributed by atoms with Gasteiger partial charge in [-0.25, -0.2) is 4.39 Å². The number of nitrogens with zero attached hydrogens (tertiary/aromatic N) is 1. The van der Waals surface area contributed by atoms with Crippen molar-refractivity contribution in [3.05, 3.63) is 52.3 Å². The molecule has 90 valence electrons. The Morgan fingerprint density at radius 1 is 1.59 bits per heavy atom. The number of nitrogens with one attached hydrogen (secondary N) is 1. The number of halogens is 1. The molecule has 1 aromatic carbocycles. The molecule has 0 aliphatic heterocycles. The van der Waals surface area contributed by atoms with Crippen molar-refractivity contribution >= 4 is 11.6 Å². The number of rotatable bonds is 5. The smallest absolute Gasteiger partial charge is 0.285 e. The highest BCUT2D eigenvalue weighted by Gasteiger charge is 2.20. The van der Waals surface area contributed by atoms with Crippen molar-refractivity contribution in [3.63, 3.8) is 0 Å². The SMILES string of the molecule is C=CCCNC(=O)c1ccc(F)cc1[N+](=O)[O-]. The molecule has 1 N–H and O–H groups in total. The molecule has 1 aromatic rings. The van der Waals surface area contributed by atoms with Crippen LogP contribution >= 0.6 is 0 Å². The Morgan fingerprint density at radius 3 is 2.88 bits per heavy atom. The molecule has 6 heteroatoms. The Morgan fingerprint density at radius 2 is 2.29 bits per heavy atom. The van der Waals surface area contributed by atoms with E-state index in [0.717, 1.165) is 18.2 Å². The number of carbonyl (C=O) groups excluding carboxylic acids is 1. The first-order valence-corrected chi connectivity index (χ1v) is 4.89. The van der Waals surface area contributed by atoms with Gasteiger partial charge >= 0.3 is 0 Å². The summed E-state index contributed by atoms with van der Waals surface area (Å²) >= 11 is 0. The van der Waals surface area contributed by atoms with Gasteiger partial charge in [0.15, 0.2) is 0 Å². The van der Waals surface area contributed by atoms with Crippen LogP contribution in [0.3, 0.4) is 0 Å². The van der Waals surface area contributed by atoms with E-state index in [1.54, 1.807) is 6.08 Å². The zero-order valence-corrected chi connectivity index (χ0v) is 8.98. The van der Waals surface area contributed by atoms with Crippen LogP contribution in [0.25, 0.3) is 0 Å². The number of amides is 1. The second-order valence-corrected chi connectivity index (χ2v) is 3.25. The fraction of sp³-hybridized carbons (Fsp3) is 0.182. The molecule has 0 aliphatic rings. The van der Waals surface area contributed by atoms with E-state index in [4.69, 9.17) is 0 Å². The molecule has 0 saturated heterocycles. The van der Waals surface area contributed by atoms with E-state index in [1.807, 2.05) is 0 Å². The summed E-state index contributed by atoms with van der Waals surface area (Å²) in [6.07, 6.45) is 2.17. The fourth-order valence-electron chi connectivity index (χ4n) is 1.23. The zero-order valence-electron chi connectivity index (χ0n) is 8.98. The molecule has 5 nitrogen and oxygen atoms in total. The summed E-state index contributed by atoms with van der Waals surface area (Å²) < 4.78 is 12.8. The van der Waals surface area contributed by atoms with Crippen molar-refractivity contribution in [2.45, 2.75) is 6.42 Å². The summed E-state index contributed by atoms with van der Waals surface area (Å²) in [6, 6.07) is 2.83. The second-order valence-electron chi connectivity index (χ2n) is 3.25. The Balaban J connectivity index is 2.92. The quantitative estimate of drug-likeness (QED) is 0.369. The monoisotopic (exact) mass is 238 g/mol. The highest BCUT2D eigenvalue weighted by molar-refractivity contribution is 5.98. The molecule has 0 fully saturated rings.